The third-order valence-corrected chi connectivity index (χ3v) is 9.07. The molecule has 7 nitrogen and oxygen atoms in total. The summed E-state index contributed by atoms with van der Waals surface area (Å²) in [7, 11) is 1.66. The van der Waals surface area contributed by atoms with E-state index in [4.69, 9.17) is 4.74 Å². The van der Waals surface area contributed by atoms with Gasteiger partial charge in [0.2, 0.25) is 5.91 Å². The van der Waals surface area contributed by atoms with Crippen molar-refractivity contribution in [3.63, 3.8) is 0 Å². The first kappa shape index (κ1) is 29.8. The van der Waals surface area contributed by atoms with Gasteiger partial charge >= 0.3 is 5.97 Å². The Bertz CT molecular complexity index is 1370. The molecule has 3 aromatic rings. The van der Waals surface area contributed by atoms with Crippen LogP contribution >= 0.6 is 0 Å². The Morgan fingerprint density at radius 3 is 2.36 bits per heavy atom. The van der Waals surface area contributed by atoms with Crippen molar-refractivity contribution in [3.8, 4) is 16.9 Å². The first-order valence-corrected chi connectivity index (χ1v) is 15.1. The molecule has 1 aliphatic heterocycles. The summed E-state index contributed by atoms with van der Waals surface area (Å²) < 4.78 is 5.74. The van der Waals surface area contributed by atoms with Crippen LogP contribution in [0, 0.1) is 17.3 Å². The molecule has 0 radical (unpaired) electrons. The molecular weight excluding hydrogens is 526 g/mol. The highest BCUT2D eigenvalue weighted by Gasteiger charge is 2.58. The molecule has 2 fully saturated rings. The zero-order valence-corrected chi connectivity index (χ0v) is 25.1. The van der Waals surface area contributed by atoms with Gasteiger partial charge in [-0.1, -0.05) is 82.5 Å². The molecule has 1 saturated carbocycles. The van der Waals surface area contributed by atoms with Gasteiger partial charge in [0.25, 0.3) is 0 Å². The number of nitrogens with one attached hydrogen (secondary N) is 1. The monoisotopic (exact) mass is 569 g/mol. The Morgan fingerprint density at radius 2 is 1.74 bits per heavy atom. The van der Waals surface area contributed by atoms with Gasteiger partial charge in [-0.25, -0.2) is 4.79 Å². The van der Waals surface area contributed by atoms with Gasteiger partial charge in [0.15, 0.2) is 0 Å². The van der Waals surface area contributed by atoms with E-state index in [-0.39, 0.29) is 23.8 Å². The van der Waals surface area contributed by atoms with E-state index in [9.17, 15) is 14.7 Å². The third kappa shape index (κ3) is 6.07. The maximum absolute atomic E-state index is 14.3. The van der Waals surface area contributed by atoms with E-state index in [1.54, 1.807) is 18.2 Å². The molecule has 2 heterocycles. The van der Waals surface area contributed by atoms with Crippen LogP contribution in [0.15, 0.2) is 73.1 Å². The fourth-order valence-corrected chi connectivity index (χ4v) is 7.15. The lowest BCUT2D eigenvalue weighted by Gasteiger charge is -2.36. The Hall–Kier alpha value is -3.71. The second-order valence-corrected chi connectivity index (χ2v) is 12.8. The Labute approximate surface area is 249 Å². The van der Waals surface area contributed by atoms with Crippen LogP contribution < -0.4 is 10.1 Å². The molecule has 1 amide bonds. The molecule has 5 rings (SSSR count). The fourth-order valence-electron chi connectivity index (χ4n) is 7.15. The van der Waals surface area contributed by atoms with Crippen molar-refractivity contribution < 1.29 is 19.4 Å². The normalized spacial score (nSPS) is 23.1. The highest BCUT2D eigenvalue weighted by molar-refractivity contribution is 5.87. The minimum Gasteiger partial charge on any atom is -0.496 e. The van der Waals surface area contributed by atoms with E-state index in [2.05, 4.69) is 37.1 Å². The number of hydrogen-bond donors (Lipinski definition) is 2. The van der Waals surface area contributed by atoms with Crippen LogP contribution in [0.5, 0.6) is 5.75 Å². The Balaban J connectivity index is 1.57. The van der Waals surface area contributed by atoms with Crippen molar-refractivity contribution in [3.05, 3.63) is 84.2 Å². The zero-order chi connectivity index (χ0) is 29.9. The second-order valence-electron chi connectivity index (χ2n) is 12.8. The van der Waals surface area contributed by atoms with E-state index >= 15 is 0 Å². The predicted octanol–water partition coefficient (Wildman–Crippen LogP) is 6.49. The minimum atomic E-state index is -0.944. The number of hydrogen-bond acceptors (Lipinski definition) is 5. The summed E-state index contributed by atoms with van der Waals surface area (Å²) in [5.74, 6) is -0.685. The number of rotatable bonds is 8. The van der Waals surface area contributed by atoms with Crippen molar-refractivity contribution in [2.24, 2.45) is 17.3 Å². The summed E-state index contributed by atoms with van der Waals surface area (Å²) in [5, 5.41) is 14.5. The highest BCUT2D eigenvalue weighted by atomic mass is 16.5. The lowest BCUT2D eigenvalue weighted by atomic mass is 9.72. The SMILES string of the molecule is COc1ccc(-c2cccnc2)cc1CN[C@H]1[C@H](C(C)(C)C)[C@@H](C(=O)O)N(C(=O)C2CCCCC2)[C@H]1c1ccccc1. The number of carboxylic acid groups (broad SMARTS) is 1. The number of methoxy groups -OCH3 is 1. The number of pyridine rings is 1. The summed E-state index contributed by atoms with van der Waals surface area (Å²) in [6.07, 6.45) is 8.38. The Kier molecular flexibility index (Phi) is 8.97. The van der Waals surface area contributed by atoms with Crippen LogP contribution in [0.25, 0.3) is 11.1 Å². The smallest absolute Gasteiger partial charge is 0.326 e. The number of carbonyl (C=O) groups excluding carboxylic acids is 1. The lowest BCUT2D eigenvalue weighted by molar-refractivity contribution is -0.154. The first-order chi connectivity index (χ1) is 20.2. The van der Waals surface area contributed by atoms with Crippen LogP contribution in [0.1, 0.15) is 70.0 Å². The van der Waals surface area contributed by atoms with Gasteiger partial charge in [0.05, 0.1) is 13.2 Å². The van der Waals surface area contributed by atoms with Crippen LogP contribution in [-0.4, -0.2) is 46.1 Å². The summed E-state index contributed by atoms with van der Waals surface area (Å²) >= 11 is 0. The number of carbonyl (C=O) groups is 2. The van der Waals surface area contributed by atoms with Crippen molar-refractivity contribution in [2.75, 3.05) is 7.11 Å². The van der Waals surface area contributed by atoms with Crippen molar-refractivity contribution in [2.45, 2.75) is 77.5 Å². The molecule has 0 spiro atoms. The maximum atomic E-state index is 14.3. The number of carboxylic acids is 1. The predicted molar refractivity (Wildman–Crippen MR) is 164 cm³/mol. The van der Waals surface area contributed by atoms with Gasteiger partial charge in [0, 0.05) is 47.9 Å². The lowest BCUT2D eigenvalue weighted by Crippen LogP contribution is -2.49. The molecule has 1 aliphatic carbocycles. The molecule has 7 heteroatoms. The molecule has 222 valence electrons. The highest BCUT2D eigenvalue weighted by Crippen LogP contribution is 2.49. The van der Waals surface area contributed by atoms with Gasteiger partial charge in [-0.05, 0) is 47.6 Å². The van der Waals surface area contributed by atoms with E-state index in [1.807, 2.05) is 60.8 Å². The summed E-state index contributed by atoms with van der Waals surface area (Å²) in [4.78, 5) is 33.4. The molecule has 1 saturated heterocycles. The number of likely N-dealkylation sites (tertiary alicyclic amines) is 1. The van der Waals surface area contributed by atoms with E-state index < -0.39 is 23.5 Å². The number of aliphatic carboxylic acids is 1. The number of nitrogens with zero attached hydrogens (tertiary/aromatic N) is 2. The van der Waals surface area contributed by atoms with Gasteiger partial charge in [0.1, 0.15) is 11.8 Å². The van der Waals surface area contributed by atoms with Crippen LogP contribution in [0.2, 0.25) is 0 Å². The van der Waals surface area contributed by atoms with Crippen LogP contribution in [-0.2, 0) is 16.1 Å². The Morgan fingerprint density at radius 1 is 1.00 bits per heavy atom. The summed E-state index contributed by atoms with van der Waals surface area (Å²) in [6.45, 7) is 6.71. The fraction of sp³-hybridized carbons (Fsp3) is 0.457. The average molecular weight is 570 g/mol. The molecule has 0 bridgehead atoms. The molecule has 42 heavy (non-hydrogen) atoms. The van der Waals surface area contributed by atoms with Crippen molar-refractivity contribution in [1.82, 2.24) is 15.2 Å². The van der Waals surface area contributed by atoms with E-state index in [0.29, 0.717) is 6.54 Å². The molecule has 4 atom stereocenters. The van der Waals surface area contributed by atoms with Crippen molar-refractivity contribution in [1.29, 1.82) is 0 Å². The molecule has 1 aromatic heterocycles. The third-order valence-electron chi connectivity index (χ3n) is 9.07. The molecule has 2 N–H and O–H groups in total. The summed E-state index contributed by atoms with van der Waals surface area (Å²) in [6, 6.07) is 18.3. The van der Waals surface area contributed by atoms with Gasteiger partial charge < -0.3 is 20.1 Å². The standard InChI is InChI=1S/C35H43N3O4/c1-35(2,3)29-30(37-22-27-20-25(17-18-28(27)42-4)26-16-11-19-36-21-26)31(23-12-7-5-8-13-23)38(32(29)34(40)41)33(39)24-14-9-6-10-15-24/h5,7-8,11-13,16-21,24,29-32,37H,6,9-10,14-15,22H2,1-4H3,(H,40,41)/t29-,30-,31-,32-/m0/s1. The van der Waals surface area contributed by atoms with E-state index in [0.717, 1.165) is 60.1 Å². The van der Waals surface area contributed by atoms with Crippen LogP contribution in [0.3, 0.4) is 0 Å². The average Bonchev–Trinajstić information content (AvgIpc) is 3.37. The van der Waals surface area contributed by atoms with E-state index in [1.165, 1.54) is 0 Å². The van der Waals surface area contributed by atoms with Crippen LogP contribution in [0.4, 0.5) is 0 Å². The molecule has 0 unspecified atom stereocenters. The molecule has 2 aromatic carbocycles. The second kappa shape index (κ2) is 12.7. The van der Waals surface area contributed by atoms with Gasteiger partial charge in [-0.15, -0.1) is 0 Å². The van der Waals surface area contributed by atoms with Gasteiger partial charge in [-0.2, -0.15) is 0 Å². The van der Waals surface area contributed by atoms with Gasteiger partial charge in [-0.3, -0.25) is 9.78 Å². The number of benzene rings is 2. The number of aromatic nitrogens is 1. The number of amides is 1. The van der Waals surface area contributed by atoms with Crippen molar-refractivity contribution >= 4 is 11.9 Å². The maximum Gasteiger partial charge on any atom is 0.326 e. The molecule has 2 aliphatic rings. The zero-order valence-electron chi connectivity index (χ0n) is 25.1. The first-order valence-electron chi connectivity index (χ1n) is 15.1. The summed E-state index contributed by atoms with van der Waals surface area (Å²) in [5.41, 5.74) is 3.55. The minimum absolute atomic E-state index is 0.0225. The molecular formula is C35H43N3O4. The topological polar surface area (TPSA) is 91.8 Å². The number of ether oxygens (including phenoxy) is 1. The quantitative estimate of drug-likeness (QED) is 0.322. The largest absolute Gasteiger partial charge is 0.496 e.